The Hall–Kier alpha value is -1.94. The highest BCUT2D eigenvalue weighted by Crippen LogP contribution is 2.55. The van der Waals surface area contributed by atoms with Gasteiger partial charge in [-0.2, -0.15) is 0 Å². The molecule has 0 bridgehead atoms. The molecule has 174 valence electrons. The van der Waals surface area contributed by atoms with Crippen LogP contribution in [0.1, 0.15) is 13.8 Å². The monoisotopic (exact) mass is 520 g/mol. The second kappa shape index (κ2) is 11.8. The van der Waals surface area contributed by atoms with Crippen molar-refractivity contribution in [3.05, 3.63) is 68.8 Å². The molecule has 32 heavy (non-hydrogen) atoms. The van der Waals surface area contributed by atoms with E-state index in [1.54, 1.807) is 13.8 Å². The smallest absolute Gasteiger partial charge is 0.269 e. The summed E-state index contributed by atoms with van der Waals surface area (Å²) in [4.78, 5) is 20.7. The minimum atomic E-state index is -2.85. The van der Waals surface area contributed by atoms with Gasteiger partial charge in [-0.15, -0.1) is 0 Å². The topological polar surface area (TPSA) is 123 Å². The standard InChI is InChI=1S/C18H22N2O8P2S2/c1-3-25-29(31,27-17-9-5-15(6-10-17)19(21)22)13-14-30(32,26-4-2)28-18-11-7-16(8-12-18)20(23)24/h5-12H,3-4,13-14H2,1-2H3. The Kier molecular flexibility index (Phi) is 9.69. The number of benzene rings is 2. The zero-order valence-electron chi connectivity index (χ0n) is 17.3. The van der Waals surface area contributed by atoms with Crippen molar-refractivity contribution in [1.82, 2.24) is 0 Å². The first-order valence-electron chi connectivity index (χ1n) is 9.45. The fourth-order valence-electron chi connectivity index (χ4n) is 2.49. The van der Waals surface area contributed by atoms with E-state index >= 15 is 0 Å². The predicted molar refractivity (Wildman–Crippen MR) is 129 cm³/mol. The summed E-state index contributed by atoms with van der Waals surface area (Å²) >= 11 is 11.3. The molecule has 0 aromatic heterocycles. The van der Waals surface area contributed by atoms with Gasteiger partial charge in [-0.05, 0) is 61.7 Å². The summed E-state index contributed by atoms with van der Waals surface area (Å²) in [5.41, 5.74) is -0.129. The van der Waals surface area contributed by atoms with Gasteiger partial charge in [0.2, 0.25) is 13.0 Å². The molecule has 0 aliphatic rings. The molecule has 2 unspecified atom stereocenters. The van der Waals surface area contributed by atoms with Gasteiger partial charge < -0.3 is 18.1 Å². The summed E-state index contributed by atoms with van der Waals surface area (Å²) < 4.78 is 23.3. The molecule has 2 atom stereocenters. The van der Waals surface area contributed by atoms with E-state index in [1.807, 2.05) is 0 Å². The van der Waals surface area contributed by atoms with Crippen LogP contribution in [0.25, 0.3) is 0 Å². The van der Waals surface area contributed by atoms with E-state index in [2.05, 4.69) is 0 Å². The first-order valence-corrected chi connectivity index (χ1v) is 15.1. The van der Waals surface area contributed by atoms with Crippen LogP contribution in [0.2, 0.25) is 0 Å². The Labute approximate surface area is 195 Å². The molecule has 10 nitrogen and oxygen atoms in total. The third kappa shape index (κ3) is 7.88. The largest absolute Gasteiger partial charge is 0.443 e. The number of rotatable bonds is 13. The van der Waals surface area contributed by atoms with Gasteiger partial charge in [0.15, 0.2) is 0 Å². The van der Waals surface area contributed by atoms with Crippen molar-refractivity contribution >= 4 is 48.0 Å². The zero-order valence-corrected chi connectivity index (χ0v) is 20.7. The quantitative estimate of drug-likeness (QED) is 0.186. The molecule has 2 rings (SSSR count). The van der Waals surface area contributed by atoms with Crippen molar-refractivity contribution in [1.29, 1.82) is 0 Å². The summed E-state index contributed by atoms with van der Waals surface area (Å²) in [6, 6.07) is 11.1. The molecule has 14 heteroatoms. The lowest BCUT2D eigenvalue weighted by atomic mass is 10.3. The third-order valence-corrected chi connectivity index (χ3v) is 10.2. The SMILES string of the molecule is CCOP(=S)(CCP(=S)(OCC)Oc1ccc([N+](=O)[O-])cc1)Oc1ccc([N+](=O)[O-])cc1. The van der Waals surface area contributed by atoms with E-state index in [-0.39, 0.29) is 23.7 Å². The first-order chi connectivity index (χ1) is 15.1. The fraction of sp³-hybridized carbons (Fsp3) is 0.333. The number of hydrogen-bond donors (Lipinski definition) is 0. The minimum absolute atomic E-state index is 0.0644. The van der Waals surface area contributed by atoms with E-state index in [4.69, 9.17) is 41.7 Å². The van der Waals surface area contributed by atoms with Gasteiger partial charge in [0, 0.05) is 36.6 Å². The van der Waals surface area contributed by atoms with Crippen molar-refractivity contribution in [2.24, 2.45) is 0 Å². The van der Waals surface area contributed by atoms with Gasteiger partial charge in [-0.25, -0.2) is 0 Å². The molecule has 0 saturated heterocycles. The molecule has 0 spiro atoms. The number of nitro groups is 2. The summed E-state index contributed by atoms with van der Waals surface area (Å²) in [6.07, 6.45) is 0.495. The van der Waals surface area contributed by atoms with E-state index < -0.39 is 22.8 Å². The van der Waals surface area contributed by atoms with Crippen LogP contribution in [0.5, 0.6) is 11.5 Å². The van der Waals surface area contributed by atoms with Crippen LogP contribution in [0, 0.1) is 20.2 Å². The van der Waals surface area contributed by atoms with Crippen LogP contribution < -0.4 is 9.05 Å². The molecule has 0 amide bonds. The van der Waals surface area contributed by atoms with E-state index in [1.165, 1.54) is 48.5 Å². The van der Waals surface area contributed by atoms with Crippen LogP contribution >= 0.6 is 13.0 Å². The Morgan fingerprint density at radius 1 is 0.719 bits per heavy atom. The summed E-state index contributed by atoms with van der Waals surface area (Å²) in [6.45, 7) is -1.51. The zero-order chi connectivity index (χ0) is 23.8. The molecule has 0 heterocycles. The lowest BCUT2D eigenvalue weighted by Crippen LogP contribution is -2.10. The summed E-state index contributed by atoms with van der Waals surface area (Å²) in [5.74, 6) is 0.710. The molecule has 0 radical (unpaired) electrons. The fourth-order valence-corrected chi connectivity index (χ4v) is 9.29. The predicted octanol–water partition coefficient (Wildman–Crippen LogP) is 5.65. The van der Waals surface area contributed by atoms with Crippen molar-refractivity contribution in [3.8, 4) is 11.5 Å². The summed E-state index contributed by atoms with van der Waals surface area (Å²) in [5, 5.41) is 21.7. The molecular formula is C18H22N2O8P2S2. The van der Waals surface area contributed by atoms with E-state index in [9.17, 15) is 20.2 Å². The molecule has 0 aliphatic heterocycles. The number of hydrogen-bond acceptors (Lipinski definition) is 10. The molecule has 0 aliphatic carbocycles. The van der Waals surface area contributed by atoms with Crippen molar-refractivity contribution in [2.75, 3.05) is 25.5 Å². The van der Waals surface area contributed by atoms with Crippen LogP contribution in [0.15, 0.2) is 48.5 Å². The second-order valence-electron chi connectivity index (χ2n) is 6.19. The van der Waals surface area contributed by atoms with Gasteiger partial charge >= 0.3 is 0 Å². The molecule has 0 N–H and O–H groups in total. The number of non-ortho nitro benzene ring substituents is 2. The average Bonchev–Trinajstić information content (AvgIpc) is 2.73. The van der Waals surface area contributed by atoms with Crippen molar-refractivity contribution in [3.63, 3.8) is 0 Å². The van der Waals surface area contributed by atoms with Crippen LogP contribution in [-0.2, 0) is 32.7 Å². The molecule has 0 fully saturated rings. The maximum Gasteiger partial charge on any atom is 0.269 e. The molecule has 2 aromatic carbocycles. The normalized spacial score (nSPS) is 14.7. The van der Waals surface area contributed by atoms with Crippen molar-refractivity contribution in [2.45, 2.75) is 13.8 Å². The maximum absolute atomic E-state index is 10.8. The highest BCUT2D eigenvalue weighted by molar-refractivity contribution is 8.12. The number of nitro benzene ring substituents is 2. The van der Waals surface area contributed by atoms with Gasteiger partial charge in [-0.1, -0.05) is 0 Å². The van der Waals surface area contributed by atoms with Crippen molar-refractivity contribution < 1.29 is 27.9 Å². The Morgan fingerprint density at radius 2 is 1.03 bits per heavy atom. The number of nitrogens with zero attached hydrogens (tertiary/aromatic N) is 2. The van der Waals surface area contributed by atoms with Gasteiger partial charge in [0.05, 0.1) is 23.1 Å². The van der Waals surface area contributed by atoms with Crippen LogP contribution in [-0.4, -0.2) is 35.4 Å². The Bertz CT molecular complexity index is 951. The Morgan fingerprint density at radius 3 is 1.28 bits per heavy atom. The summed E-state index contributed by atoms with van der Waals surface area (Å²) in [7, 11) is 0. The minimum Gasteiger partial charge on any atom is -0.443 e. The maximum atomic E-state index is 10.8. The second-order valence-corrected chi connectivity index (χ2v) is 13.7. The molecule has 0 saturated carbocycles. The van der Waals surface area contributed by atoms with Crippen LogP contribution in [0.4, 0.5) is 11.4 Å². The third-order valence-electron chi connectivity index (χ3n) is 3.88. The van der Waals surface area contributed by atoms with E-state index in [0.717, 1.165) is 0 Å². The van der Waals surface area contributed by atoms with Crippen LogP contribution in [0.3, 0.4) is 0 Å². The van der Waals surface area contributed by atoms with Gasteiger partial charge in [-0.3, -0.25) is 20.2 Å². The average molecular weight is 520 g/mol. The lowest BCUT2D eigenvalue weighted by molar-refractivity contribution is -0.385. The van der Waals surface area contributed by atoms with Gasteiger partial charge in [0.1, 0.15) is 11.5 Å². The molecular weight excluding hydrogens is 498 g/mol. The lowest BCUT2D eigenvalue weighted by Gasteiger charge is -2.27. The molecule has 2 aromatic rings. The highest BCUT2D eigenvalue weighted by Gasteiger charge is 2.28. The highest BCUT2D eigenvalue weighted by atomic mass is 32.5. The first kappa shape index (κ1) is 26.3. The Balaban J connectivity index is 2.14. The van der Waals surface area contributed by atoms with E-state index in [0.29, 0.717) is 24.7 Å². The van der Waals surface area contributed by atoms with Gasteiger partial charge in [0.25, 0.3) is 11.4 Å².